The van der Waals surface area contributed by atoms with Crippen molar-refractivity contribution in [2.45, 2.75) is 12.5 Å². The van der Waals surface area contributed by atoms with Crippen LogP contribution in [0, 0.1) is 6.92 Å². The zero-order chi connectivity index (χ0) is 15.1. The van der Waals surface area contributed by atoms with Gasteiger partial charge in [-0.2, -0.15) is 0 Å². The van der Waals surface area contributed by atoms with E-state index in [1.165, 1.54) is 0 Å². The number of hydrogen-bond donors (Lipinski definition) is 0. The lowest BCUT2D eigenvalue weighted by molar-refractivity contribution is 0.0335. The van der Waals surface area contributed by atoms with Crippen LogP contribution in [0.1, 0.15) is 15.9 Å². The molecule has 0 spiro atoms. The number of Topliss-reactive ketones (excluding diaryl/α,β-unsaturated/α-hetero) is 1. The van der Waals surface area contributed by atoms with E-state index in [-0.39, 0.29) is 5.78 Å². The Kier molecular flexibility index (Phi) is 4.23. The minimum atomic E-state index is -0.634. The summed E-state index contributed by atoms with van der Waals surface area (Å²) < 4.78 is 6.84. The zero-order valence-electron chi connectivity index (χ0n) is 12.7. The SMILES string of the molecule is Cc1cc2c(cc1Br)C(=O)[C@](CN(C)C)(N(C)C)CO2. The van der Waals surface area contributed by atoms with Gasteiger partial charge in [-0.3, -0.25) is 9.69 Å². The molecule has 0 radical (unpaired) electrons. The Morgan fingerprint density at radius 2 is 1.95 bits per heavy atom. The molecule has 1 aliphatic rings. The fourth-order valence-corrected chi connectivity index (χ4v) is 2.92. The Bertz CT molecular complexity index is 543. The van der Waals surface area contributed by atoms with E-state index in [1.807, 2.05) is 57.0 Å². The normalized spacial score (nSPS) is 22.1. The highest BCUT2D eigenvalue weighted by molar-refractivity contribution is 9.10. The van der Waals surface area contributed by atoms with Crippen LogP contribution in [0.2, 0.25) is 0 Å². The van der Waals surface area contributed by atoms with Gasteiger partial charge >= 0.3 is 0 Å². The zero-order valence-corrected chi connectivity index (χ0v) is 14.2. The average molecular weight is 341 g/mol. The first-order valence-electron chi connectivity index (χ1n) is 6.58. The molecule has 2 rings (SSSR count). The number of benzene rings is 1. The average Bonchev–Trinajstić information content (AvgIpc) is 2.35. The number of ether oxygens (including phenoxy) is 1. The van der Waals surface area contributed by atoms with Crippen molar-refractivity contribution < 1.29 is 9.53 Å². The summed E-state index contributed by atoms with van der Waals surface area (Å²) in [5, 5.41) is 0. The van der Waals surface area contributed by atoms with Crippen molar-refractivity contribution in [3.63, 3.8) is 0 Å². The molecule has 0 unspecified atom stereocenters. The van der Waals surface area contributed by atoms with Gasteiger partial charge in [0.1, 0.15) is 17.9 Å². The van der Waals surface area contributed by atoms with Crippen LogP contribution in [0.3, 0.4) is 0 Å². The van der Waals surface area contributed by atoms with Crippen LogP contribution in [0.4, 0.5) is 0 Å². The molecule has 1 aliphatic heterocycles. The van der Waals surface area contributed by atoms with Crippen LogP contribution in [0.15, 0.2) is 16.6 Å². The van der Waals surface area contributed by atoms with Gasteiger partial charge in [0.05, 0.1) is 5.56 Å². The van der Waals surface area contributed by atoms with Crippen molar-refractivity contribution in [2.24, 2.45) is 0 Å². The van der Waals surface area contributed by atoms with Crippen LogP contribution in [0.5, 0.6) is 5.75 Å². The molecule has 0 aliphatic carbocycles. The molecule has 1 heterocycles. The maximum absolute atomic E-state index is 13.0. The molecule has 20 heavy (non-hydrogen) atoms. The number of rotatable bonds is 3. The van der Waals surface area contributed by atoms with Crippen LogP contribution in [-0.4, -0.2) is 62.5 Å². The molecule has 0 aromatic heterocycles. The maximum Gasteiger partial charge on any atom is 0.191 e. The largest absolute Gasteiger partial charge is 0.490 e. The van der Waals surface area contributed by atoms with E-state index in [9.17, 15) is 4.79 Å². The number of carbonyl (C=O) groups is 1. The van der Waals surface area contributed by atoms with Gasteiger partial charge in [-0.05, 0) is 52.8 Å². The molecular formula is C15H21BrN2O2. The highest BCUT2D eigenvalue weighted by Gasteiger charge is 2.46. The Labute approximate surface area is 128 Å². The van der Waals surface area contributed by atoms with Crippen LogP contribution >= 0.6 is 15.9 Å². The number of nitrogens with zero attached hydrogens (tertiary/aromatic N) is 2. The lowest BCUT2D eigenvalue weighted by Crippen LogP contribution is -2.62. The summed E-state index contributed by atoms with van der Waals surface area (Å²) in [6.07, 6.45) is 0. The number of carbonyl (C=O) groups excluding carboxylic acids is 1. The lowest BCUT2D eigenvalue weighted by atomic mass is 9.85. The fourth-order valence-electron chi connectivity index (χ4n) is 2.58. The van der Waals surface area contributed by atoms with E-state index in [0.717, 1.165) is 10.0 Å². The Morgan fingerprint density at radius 1 is 1.30 bits per heavy atom. The van der Waals surface area contributed by atoms with Crippen LogP contribution in [0.25, 0.3) is 0 Å². The molecule has 0 saturated carbocycles. The molecule has 1 aromatic rings. The highest BCUT2D eigenvalue weighted by atomic mass is 79.9. The monoisotopic (exact) mass is 340 g/mol. The van der Waals surface area contributed by atoms with E-state index < -0.39 is 5.54 Å². The van der Waals surface area contributed by atoms with E-state index in [4.69, 9.17) is 4.74 Å². The molecule has 5 heteroatoms. The first kappa shape index (κ1) is 15.5. The van der Waals surface area contributed by atoms with Crippen LogP contribution < -0.4 is 4.74 Å². The standard InChI is InChI=1S/C15H21BrN2O2/c1-10-6-13-11(7-12(10)16)14(19)15(9-20-13,18(4)5)8-17(2)3/h6-7H,8-9H2,1-5H3/t15-/m1/s1. The van der Waals surface area contributed by atoms with E-state index >= 15 is 0 Å². The minimum Gasteiger partial charge on any atom is -0.490 e. The quantitative estimate of drug-likeness (QED) is 0.844. The summed E-state index contributed by atoms with van der Waals surface area (Å²) in [7, 11) is 7.80. The third-order valence-electron chi connectivity index (χ3n) is 3.83. The lowest BCUT2D eigenvalue weighted by Gasteiger charge is -2.43. The Balaban J connectivity index is 2.50. The summed E-state index contributed by atoms with van der Waals surface area (Å²) in [6.45, 7) is 3.00. The Morgan fingerprint density at radius 3 is 2.50 bits per heavy atom. The summed E-state index contributed by atoms with van der Waals surface area (Å²) in [4.78, 5) is 17.0. The number of fused-ring (bicyclic) bond motifs is 1. The van der Waals surface area contributed by atoms with E-state index in [1.54, 1.807) is 0 Å². The summed E-state index contributed by atoms with van der Waals surface area (Å²) in [6, 6.07) is 3.80. The molecule has 1 atom stereocenters. The van der Waals surface area contributed by atoms with E-state index in [0.29, 0.717) is 24.5 Å². The van der Waals surface area contributed by atoms with Gasteiger partial charge in [0, 0.05) is 11.0 Å². The third kappa shape index (κ3) is 2.50. The van der Waals surface area contributed by atoms with Crippen molar-refractivity contribution in [1.82, 2.24) is 9.80 Å². The number of aryl methyl sites for hydroxylation is 1. The predicted octanol–water partition coefficient (Wildman–Crippen LogP) is 2.19. The third-order valence-corrected chi connectivity index (χ3v) is 4.68. The number of likely N-dealkylation sites (N-methyl/N-ethyl adjacent to an activating group) is 2. The first-order valence-corrected chi connectivity index (χ1v) is 7.37. The number of hydrogen-bond acceptors (Lipinski definition) is 4. The molecule has 0 saturated heterocycles. The summed E-state index contributed by atoms with van der Waals surface area (Å²) in [5.41, 5.74) is 1.09. The molecule has 0 amide bonds. The van der Waals surface area contributed by atoms with Crippen molar-refractivity contribution in [3.8, 4) is 5.75 Å². The molecule has 0 N–H and O–H groups in total. The second-order valence-electron chi connectivity index (χ2n) is 5.88. The summed E-state index contributed by atoms with van der Waals surface area (Å²) >= 11 is 3.50. The van der Waals surface area contributed by atoms with Crippen molar-refractivity contribution in [3.05, 3.63) is 27.7 Å². The second-order valence-corrected chi connectivity index (χ2v) is 6.73. The van der Waals surface area contributed by atoms with Gasteiger partial charge < -0.3 is 9.64 Å². The Hall–Kier alpha value is -0.910. The van der Waals surface area contributed by atoms with Crippen molar-refractivity contribution >= 4 is 21.7 Å². The second kappa shape index (κ2) is 5.47. The molecular weight excluding hydrogens is 320 g/mol. The van der Waals surface area contributed by atoms with E-state index in [2.05, 4.69) is 15.9 Å². The van der Waals surface area contributed by atoms with Gasteiger partial charge in [-0.15, -0.1) is 0 Å². The van der Waals surface area contributed by atoms with Gasteiger partial charge in [-0.1, -0.05) is 15.9 Å². The molecule has 0 bridgehead atoms. The number of ketones is 1. The topological polar surface area (TPSA) is 32.8 Å². The van der Waals surface area contributed by atoms with Gasteiger partial charge in [0.25, 0.3) is 0 Å². The maximum atomic E-state index is 13.0. The van der Waals surface area contributed by atoms with Gasteiger partial charge in [0.15, 0.2) is 5.78 Å². The fraction of sp³-hybridized carbons (Fsp3) is 0.533. The minimum absolute atomic E-state index is 0.123. The van der Waals surface area contributed by atoms with Gasteiger partial charge in [-0.25, -0.2) is 0 Å². The smallest absolute Gasteiger partial charge is 0.191 e. The first-order chi connectivity index (χ1) is 9.28. The van der Waals surface area contributed by atoms with Gasteiger partial charge in [0.2, 0.25) is 0 Å². The molecule has 1 aromatic carbocycles. The van der Waals surface area contributed by atoms with Crippen molar-refractivity contribution in [1.29, 1.82) is 0 Å². The summed E-state index contributed by atoms with van der Waals surface area (Å²) in [5.74, 6) is 0.810. The van der Waals surface area contributed by atoms with Crippen LogP contribution in [-0.2, 0) is 0 Å². The molecule has 4 nitrogen and oxygen atoms in total. The molecule has 110 valence electrons. The number of halogens is 1. The predicted molar refractivity (Wildman–Crippen MR) is 83.7 cm³/mol. The highest BCUT2D eigenvalue weighted by Crippen LogP contribution is 2.35. The molecule has 0 fully saturated rings. The van der Waals surface area contributed by atoms with Crippen molar-refractivity contribution in [2.75, 3.05) is 41.3 Å².